The maximum absolute atomic E-state index is 13.4. The third-order valence-corrected chi connectivity index (χ3v) is 3.15. The second kappa shape index (κ2) is 6.38. The molecule has 2 rings (SSSR count). The van der Waals surface area contributed by atoms with Gasteiger partial charge in [-0.15, -0.1) is 16.8 Å². The first-order valence-electron chi connectivity index (χ1n) is 5.70. The molecule has 1 aromatic carbocycles. The molecule has 0 N–H and O–H groups in total. The smallest absolute Gasteiger partial charge is 0.191 e. The Bertz CT molecular complexity index is 571. The van der Waals surface area contributed by atoms with Gasteiger partial charge in [-0.1, -0.05) is 30.0 Å². The fraction of sp³-hybridized carbons (Fsp3) is 0.231. The van der Waals surface area contributed by atoms with Crippen molar-refractivity contribution in [3.8, 4) is 5.75 Å². The summed E-state index contributed by atoms with van der Waals surface area (Å²) in [6.45, 7) is 4.46. The van der Waals surface area contributed by atoms with E-state index in [4.69, 9.17) is 4.74 Å². The monoisotopic (exact) mass is 279 g/mol. The van der Waals surface area contributed by atoms with E-state index in [2.05, 4.69) is 16.8 Å². The lowest BCUT2D eigenvalue weighted by Gasteiger charge is -2.08. The Morgan fingerprint density at radius 2 is 2.21 bits per heavy atom. The van der Waals surface area contributed by atoms with Crippen molar-refractivity contribution < 1.29 is 9.13 Å². The SMILES string of the molecule is C=CCn1c(COc2ccccc2F)nnc1SC. The van der Waals surface area contributed by atoms with E-state index in [1.54, 1.807) is 24.3 Å². The van der Waals surface area contributed by atoms with Crippen LogP contribution in [-0.4, -0.2) is 21.0 Å². The molecule has 0 fully saturated rings. The summed E-state index contributed by atoms with van der Waals surface area (Å²) >= 11 is 1.49. The van der Waals surface area contributed by atoms with Crippen LogP contribution in [-0.2, 0) is 13.2 Å². The van der Waals surface area contributed by atoms with Gasteiger partial charge in [0.2, 0.25) is 0 Å². The van der Waals surface area contributed by atoms with Crippen LogP contribution in [0.2, 0.25) is 0 Å². The van der Waals surface area contributed by atoms with E-state index in [1.807, 2.05) is 10.8 Å². The predicted octanol–water partition coefficient (Wildman–Crippen LogP) is 2.90. The maximum Gasteiger partial charge on any atom is 0.191 e. The van der Waals surface area contributed by atoms with E-state index in [1.165, 1.54) is 17.8 Å². The highest BCUT2D eigenvalue weighted by Gasteiger charge is 2.11. The van der Waals surface area contributed by atoms with Crippen LogP contribution in [0.1, 0.15) is 5.82 Å². The fourth-order valence-electron chi connectivity index (χ4n) is 1.59. The highest BCUT2D eigenvalue weighted by Crippen LogP contribution is 2.18. The predicted molar refractivity (Wildman–Crippen MR) is 72.7 cm³/mol. The van der Waals surface area contributed by atoms with Crippen LogP contribution in [0.5, 0.6) is 5.75 Å². The van der Waals surface area contributed by atoms with Crippen LogP contribution in [0.4, 0.5) is 4.39 Å². The number of hydrogen-bond acceptors (Lipinski definition) is 4. The van der Waals surface area contributed by atoms with Crippen molar-refractivity contribution in [1.82, 2.24) is 14.8 Å². The van der Waals surface area contributed by atoms with Crippen molar-refractivity contribution in [2.24, 2.45) is 0 Å². The fourth-order valence-corrected chi connectivity index (χ4v) is 2.12. The second-order valence-electron chi connectivity index (χ2n) is 3.72. The highest BCUT2D eigenvalue weighted by molar-refractivity contribution is 7.98. The zero-order chi connectivity index (χ0) is 13.7. The molecule has 1 heterocycles. The third-order valence-electron chi connectivity index (χ3n) is 2.48. The molecule has 0 aliphatic carbocycles. The van der Waals surface area contributed by atoms with Gasteiger partial charge in [0.05, 0.1) is 0 Å². The number of halogens is 1. The minimum atomic E-state index is -0.387. The summed E-state index contributed by atoms with van der Waals surface area (Å²) in [5.74, 6) is 0.469. The number of ether oxygens (including phenoxy) is 1. The van der Waals surface area contributed by atoms with E-state index < -0.39 is 0 Å². The van der Waals surface area contributed by atoms with Crippen molar-refractivity contribution in [2.45, 2.75) is 18.3 Å². The Hall–Kier alpha value is -1.82. The normalized spacial score (nSPS) is 10.4. The van der Waals surface area contributed by atoms with Crippen molar-refractivity contribution in [3.05, 3.63) is 48.6 Å². The molecule has 6 heteroatoms. The molecule has 0 saturated carbocycles. The average Bonchev–Trinajstić information content (AvgIpc) is 2.81. The van der Waals surface area contributed by atoms with Gasteiger partial charge in [-0.25, -0.2) is 4.39 Å². The van der Waals surface area contributed by atoms with E-state index in [9.17, 15) is 4.39 Å². The van der Waals surface area contributed by atoms with Crippen LogP contribution in [0.3, 0.4) is 0 Å². The van der Waals surface area contributed by atoms with Gasteiger partial charge in [-0.05, 0) is 18.4 Å². The molecule has 0 radical (unpaired) electrons. The van der Waals surface area contributed by atoms with Crippen molar-refractivity contribution in [3.63, 3.8) is 0 Å². The first-order chi connectivity index (χ1) is 9.26. The zero-order valence-electron chi connectivity index (χ0n) is 10.5. The number of allylic oxidation sites excluding steroid dienone is 1. The van der Waals surface area contributed by atoms with Crippen LogP contribution < -0.4 is 4.74 Å². The van der Waals surface area contributed by atoms with Gasteiger partial charge < -0.3 is 4.74 Å². The Balaban J connectivity index is 2.13. The zero-order valence-corrected chi connectivity index (χ0v) is 11.4. The summed E-state index contributed by atoms with van der Waals surface area (Å²) < 4.78 is 20.7. The highest BCUT2D eigenvalue weighted by atomic mass is 32.2. The quantitative estimate of drug-likeness (QED) is 0.602. The van der Waals surface area contributed by atoms with Gasteiger partial charge >= 0.3 is 0 Å². The number of nitrogens with zero attached hydrogens (tertiary/aromatic N) is 3. The van der Waals surface area contributed by atoms with Crippen LogP contribution in [0, 0.1) is 5.82 Å². The lowest BCUT2D eigenvalue weighted by Crippen LogP contribution is -2.07. The van der Waals surface area contributed by atoms with Crippen molar-refractivity contribution in [2.75, 3.05) is 6.26 Å². The van der Waals surface area contributed by atoms with Crippen LogP contribution >= 0.6 is 11.8 Å². The minimum absolute atomic E-state index is 0.169. The Kier molecular flexibility index (Phi) is 4.57. The molecular weight excluding hydrogens is 265 g/mol. The summed E-state index contributed by atoms with van der Waals surface area (Å²) in [5, 5.41) is 8.87. The summed E-state index contributed by atoms with van der Waals surface area (Å²) in [7, 11) is 0. The van der Waals surface area contributed by atoms with Gasteiger partial charge in [-0.3, -0.25) is 4.57 Å². The number of benzene rings is 1. The first-order valence-corrected chi connectivity index (χ1v) is 6.93. The van der Waals surface area contributed by atoms with Crippen LogP contribution in [0.15, 0.2) is 42.1 Å². The Morgan fingerprint density at radius 3 is 2.89 bits per heavy atom. The summed E-state index contributed by atoms with van der Waals surface area (Å²) in [6.07, 6.45) is 3.68. The van der Waals surface area contributed by atoms with Gasteiger partial charge in [0.25, 0.3) is 0 Å². The molecule has 19 heavy (non-hydrogen) atoms. The molecule has 0 bridgehead atoms. The first kappa shape index (κ1) is 13.6. The van der Waals surface area contributed by atoms with E-state index in [-0.39, 0.29) is 18.2 Å². The number of aromatic nitrogens is 3. The number of thioether (sulfide) groups is 1. The molecule has 2 aromatic rings. The van der Waals surface area contributed by atoms with Gasteiger partial charge in [0.1, 0.15) is 6.61 Å². The molecule has 0 spiro atoms. The number of para-hydroxylation sites is 1. The van der Waals surface area contributed by atoms with E-state index in [0.717, 1.165) is 5.16 Å². The maximum atomic E-state index is 13.4. The topological polar surface area (TPSA) is 39.9 Å². The van der Waals surface area contributed by atoms with Crippen molar-refractivity contribution in [1.29, 1.82) is 0 Å². The van der Waals surface area contributed by atoms with Crippen molar-refractivity contribution >= 4 is 11.8 Å². The molecule has 0 saturated heterocycles. The lowest BCUT2D eigenvalue weighted by molar-refractivity contribution is 0.275. The lowest BCUT2D eigenvalue weighted by atomic mass is 10.3. The van der Waals surface area contributed by atoms with Gasteiger partial charge in [0.15, 0.2) is 22.5 Å². The van der Waals surface area contributed by atoms with Gasteiger partial charge in [0, 0.05) is 6.54 Å². The van der Waals surface area contributed by atoms with Crippen LogP contribution in [0.25, 0.3) is 0 Å². The number of rotatable bonds is 6. The molecule has 4 nitrogen and oxygen atoms in total. The molecule has 0 amide bonds. The number of hydrogen-bond donors (Lipinski definition) is 0. The Labute approximate surface area is 115 Å². The summed E-state index contributed by atoms with van der Waals surface area (Å²) in [5.41, 5.74) is 0. The second-order valence-corrected chi connectivity index (χ2v) is 4.49. The molecule has 0 aliphatic heterocycles. The molecular formula is C13H14FN3OS. The largest absolute Gasteiger partial charge is 0.483 e. The van der Waals surface area contributed by atoms with E-state index >= 15 is 0 Å². The molecule has 0 aliphatic rings. The molecule has 0 unspecified atom stereocenters. The molecule has 100 valence electrons. The standard InChI is InChI=1S/C13H14FN3OS/c1-3-8-17-12(15-16-13(17)19-2)9-18-11-7-5-4-6-10(11)14/h3-7H,1,8-9H2,2H3. The average molecular weight is 279 g/mol. The summed E-state index contributed by atoms with van der Waals surface area (Å²) in [4.78, 5) is 0. The van der Waals surface area contributed by atoms with Gasteiger partial charge in [-0.2, -0.15) is 0 Å². The molecule has 0 atom stereocenters. The van der Waals surface area contributed by atoms with E-state index in [0.29, 0.717) is 12.4 Å². The third kappa shape index (κ3) is 3.14. The summed E-state index contributed by atoms with van der Waals surface area (Å²) in [6, 6.07) is 6.28. The minimum Gasteiger partial charge on any atom is -0.483 e. The molecule has 1 aromatic heterocycles. The Morgan fingerprint density at radius 1 is 1.42 bits per heavy atom.